The Morgan fingerprint density at radius 2 is 2.11 bits per heavy atom. The minimum Gasteiger partial charge on any atom is -0.383 e. The Morgan fingerprint density at radius 1 is 1.28 bits per heavy atom. The number of aryl methyl sites for hydroxylation is 1. The molecule has 0 fully saturated rings. The first-order chi connectivity index (χ1) is 8.88. The average molecular weight is 254 g/mol. The van der Waals surface area contributed by atoms with E-state index in [1.165, 1.54) is 32.1 Å². The van der Waals surface area contributed by atoms with Crippen LogP contribution in [0.2, 0.25) is 0 Å². The molecule has 0 saturated heterocycles. The topological polar surface area (TPSA) is 52.0 Å². The van der Waals surface area contributed by atoms with Gasteiger partial charge < -0.3 is 10.1 Å². The molecule has 0 atom stereocenters. The molecule has 1 aromatic heterocycles. The van der Waals surface area contributed by atoms with Crippen molar-refractivity contribution in [1.29, 1.82) is 0 Å². The minimum atomic E-state index is 0.727. The minimum absolute atomic E-state index is 0.727. The summed E-state index contributed by atoms with van der Waals surface area (Å²) in [5, 5.41) is 7.56. The molecule has 18 heavy (non-hydrogen) atoms. The summed E-state index contributed by atoms with van der Waals surface area (Å²) in [7, 11) is 1.71. The molecule has 0 bridgehead atoms. The average Bonchev–Trinajstić information content (AvgIpc) is 2.82. The van der Waals surface area contributed by atoms with Crippen molar-refractivity contribution < 1.29 is 4.74 Å². The third-order valence-electron chi connectivity index (χ3n) is 2.94. The maximum atomic E-state index is 4.99. The number of nitrogens with one attached hydrogen (secondary N) is 1. The highest BCUT2D eigenvalue weighted by Gasteiger charge is 2.03. The van der Waals surface area contributed by atoms with E-state index in [1.807, 2.05) is 4.68 Å². The quantitative estimate of drug-likeness (QED) is 0.614. The summed E-state index contributed by atoms with van der Waals surface area (Å²) >= 11 is 0. The van der Waals surface area contributed by atoms with Crippen LogP contribution in [-0.2, 0) is 17.8 Å². The molecule has 0 aliphatic heterocycles. The molecule has 0 aromatic carbocycles. The summed E-state index contributed by atoms with van der Waals surface area (Å²) in [5.74, 6) is 1.02. The Labute approximate surface area is 110 Å². The molecule has 0 aliphatic rings. The van der Waals surface area contributed by atoms with Crippen molar-refractivity contribution in [3.63, 3.8) is 0 Å². The lowest BCUT2D eigenvalue weighted by Crippen LogP contribution is -2.21. The van der Waals surface area contributed by atoms with Gasteiger partial charge in [-0.05, 0) is 6.42 Å². The van der Waals surface area contributed by atoms with Gasteiger partial charge in [-0.1, -0.05) is 32.6 Å². The third kappa shape index (κ3) is 6.12. The fraction of sp³-hybridized carbons (Fsp3) is 0.846. The molecule has 0 spiro atoms. The zero-order chi connectivity index (χ0) is 13.1. The lowest BCUT2D eigenvalue weighted by molar-refractivity contribution is 0.198. The molecule has 0 unspecified atom stereocenters. The Morgan fingerprint density at radius 3 is 2.89 bits per heavy atom. The smallest absolute Gasteiger partial charge is 0.140 e. The first kappa shape index (κ1) is 15.1. The fourth-order valence-electron chi connectivity index (χ4n) is 1.85. The van der Waals surface area contributed by atoms with E-state index in [0.717, 1.165) is 32.1 Å². The van der Waals surface area contributed by atoms with Gasteiger partial charge in [0.25, 0.3) is 0 Å². The maximum Gasteiger partial charge on any atom is 0.140 e. The second-order valence-electron chi connectivity index (χ2n) is 4.48. The summed E-state index contributed by atoms with van der Waals surface area (Å²) < 4.78 is 6.99. The van der Waals surface area contributed by atoms with Crippen LogP contribution in [0.25, 0.3) is 0 Å². The molecule has 0 amide bonds. The molecular weight excluding hydrogens is 228 g/mol. The Kier molecular flexibility index (Phi) is 8.42. The molecule has 1 aromatic rings. The highest BCUT2D eigenvalue weighted by atomic mass is 16.5. The van der Waals surface area contributed by atoms with Gasteiger partial charge in [0.05, 0.1) is 13.2 Å². The number of ether oxygens (including phenoxy) is 1. The number of hydrogen-bond acceptors (Lipinski definition) is 4. The monoisotopic (exact) mass is 254 g/mol. The van der Waals surface area contributed by atoms with Crippen LogP contribution in [-0.4, -0.2) is 35.0 Å². The van der Waals surface area contributed by atoms with E-state index in [1.54, 1.807) is 13.4 Å². The maximum absolute atomic E-state index is 4.99. The van der Waals surface area contributed by atoms with Gasteiger partial charge in [-0.3, -0.25) is 0 Å². The van der Waals surface area contributed by atoms with E-state index in [-0.39, 0.29) is 0 Å². The molecule has 1 N–H and O–H groups in total. The Bertz CT molecular complexity index is 301. The van der Waals surface area contributed by atoms with E-state index in [9.17, 15) is 0 Å². The number of rotatable bonds is 11. The number of nitrogens with zero attached hydrogens (tertiary/aromatic N) is 3. The predicted molar refractivity (Wildman–Crippen MR) is 72.4 cm³/mol. The van der Waals surface area contributed by atoms with Crippen LogP contribution < -0.4 is 5.32 Å². The van der Waals surface area contributed by atoms with E-state index in [4.69, 9.17) is 4.74 Å². The van der Waals surface area contributed by atoms with Crippen molar-refractivity contribution in [2.45, 2.75) is 52.1 Å². The summed E-state index contributed by atoms with van der Waals surface area (Å²) in [6.45, 7) is 5.55. The predicted octanol–water partition coefficient (Wildman–Crippen LogP) is 1.98. The first-order valence-electron chi connectivity index (χ1n) is 6.94. The van der Waals surface area contributed by atoms with Crippen LogP contribution in [0.3, 0.4) is 0 Å². The number of aromatic nitrogens is 3. The molecule has 0 saturated carbocycles. The standard InChI is InChI=1S/C13H26N4O/c1-3-4-5-6-7-9-17-13(15-12-16-17)11-14-8-10-18-2/h12,14H,3-11H2,1-2H3. The molecule has 104 valence electrons. The van der Waals surface area contributed by atoms with Crippen molar-refractivity contribution in [3.05, 3.63) is 12.2 Å². The van der Waals surface area contributed by atoms with Gasteiger partial charge in [0.15, 0.2) is 0 Å². The highest BCUT2D eigenvalue weighted by Crippen LogP contribution is 2.04. The van der Waals surface area contributed by atoms with Crippen molar-refractivity contribution in [3.8, 4) is 0 Å². The number of methoxy groups -OCH3 is 1. The Hall–Kier alpha value is -0.940. The van der Waals surface area contributed by atoms with Crippen LogP contribution in [0.4, 0.5) is 0 Å². The second kappa shape index (κ2) is 10.0. The van der Waals surface area contributed by atoms with E-state index in [0.29, 0.717) is 0 Å². The zero-order valence-electron chi connectivity index (χ0n) is 11.7. The molecular formula is C13H26N4O. The van der Waals surface area contributed by atoms with E-state index < -0.39 is 0 Å². The molecule has 5 nitrogen and oxygen atoms in total. The molecule has 1 heterocycles. The van der Waals surface area contributed by atoms with Crippen molar-refractivity contribution in [1.82, 2.24) is 20.1 Å². The van der Waals surface area contributed by atoms with Gasteiger partial charge in [-0.15, -0.1) is 0 Å². The third-order valence-corrected chi connectivity index (χ3v) is 2.94. The number of hydrogen-bond donors (Lipinski definition) is 1. The van der Waals surface area contributed by atoms with Gasteiger partial charge in [-0.25, -0.2) is 9.67 Å². The van der Waals surface area contributed by atoms with Crippen LogP contribution >= 0.6 is 0 Å². The molecule has 1 rings (SSSR count). The second-order valence-corrected chi connectivity index (χ2v) is 4.48. The molecule has 0 radical (unpaired) electrons. The lowest BCUT2D eigenvalue weighted by atomic mass is 10.1. The summed E-state index contributed by atoms with van der Waals surface area (Å²) in [5.41, 5.74) is 0. The van der Waals surface area contributed by atoms with Crippen molar-refractivity contribution in [2.24, 2.45) is 0 Å². The summed E-state index contributed by atoms with van der Waals surface area (Å²) in [6.07, 6.45) is 8.06. The SMILES string of the molecule is CCCCCCCn1ncnc1CNCCOC. The van der Waals surface area contributed by atoms with Crippen molar-refractivity contribution in [2.75, 3.05) is 20.3 Å². The highest BCUT2D eigenvalue weighted by molar-refractivity contribution is 4.83. The van der Waals surface area contributed by atoms with Crippen LogP contribution in [0.5, 0.6) is 0 Å². The van der Waals surface area contributed by atoms with Gasteiger partial charge in [0.2, 0.25) is 0 Å². The van der Waals surface area contributed by atoms with Gasteiger partial charge >= 0.3 is 0 Å². The van der Waals surface area contributed by atoms with Crippen LogP contribution in [0.15, 0.2) is 6.33 Å². The normalized spacial score (nSPS) is 11.0. The first-order valence-corrected chi connectivity index (χ1v) is 6.94. The van der Waals surface area contributed by atoms with Crippen LogP contribution in [0.1, 0.15) is 44.9 Å². The lowest BCUT2D eigenvalue weighted by Gasteiger charge is -2.07. The number of unbranched alkanes of at least 4 members (excludes halogenated alkanes) is 4. The van der Waals surface area contributed by atoms with E-state index >= 15 is 0 Å². The Balaban J connectivity index is 2.18. The van der Waals surface area contributed by atoms with Gasteiger partial charge in [0.1, 0.15) is 12.2 Å². The molecule has 5 heteroatoms. The van der Waals surface area contributed by atoms with Gasteiger partial charge in [0, 0.05) is 20.2 Å². The van der Waals surface area contributed by atoms with Crippen molar-refractivity contribution >= 4 is 0 Å². The van der Waals surface area contributed by atoms with E-state index in [2.05, 4.69) is 22.3 Å². The van der Waals surface area contributed by atoms with Gasteiger partial charge in [-0.2, -0.15) is 5.10 Å². The summed E-state index contributed by atoms with van der Waals surface area (Å²) in [6, 6.07) is 0. The summed E-state index contributed by atoms with van der Waals surface area (Å²) in [4.78, 5) is 4.28. The fourth-order valence-corrected chi connectivity index (χ4v) is 1.85. The zero-order valence-corrected chi connectivity index (χ0v) is 11.7. The van der Waals surface area contributed by atoms with Crippen LogP contribution in [0, 0.1) is 0 Å². The molecule has 0 aliphatic carbocycles. The largest absolute Gasteiger partial charge is 0.383 e.